The molecular weight excluding hydrogens is 348 g/mol. The number of ether oxygens (including phenoxy) is 1. The Morgan fingerprint density at radius 2 is 1.69 bits per heavy atom. The predicted molar refractivity (Wildman–Crippen MR) is 97.0 cm³/mol. The van der Waals surface area contributed by atoms with Crippen LogP contribution in [0.2, 0.25) is 0 Å². The number of esters is 1. The van der Waals surface area contributed by atoms with Crippen molar-refractivity contribution in [1.29, 1.82) is 0 Å². The lowest BCUT2D eigenvalue weighted by Crippen LogP contribution is -3.00. The fraction of sp³-hybridized carbons (Fsp3) is 0.238. The molecule has 4 nitrogen and oxygen atoms in total. The van der Waals surface area contributed by atoms with Gasteiger partial charge in [-0.2, -0.15) is 0 Å². The van der Waals surface area contributed by atoms with E-state index in [1.165, 1.54) is 29.3 Å². The molecule has 0 spiro atoms. The Hall–Kier alpha value is -2.59. The Labute approximate surface area is 160 Å². The van der Waals surface area contributed by atoms with E-state index in [1.807, 2.05) is 24.3 Å². The van der Waals surface area contributed by atoms with E-state index in [0.717, 1.165) is 12.1 Å². The van der Waals surface area contributed by atoms with E-state index in [-0.39, 0.29) is 18.4 Å². The maximum Gasteiger partial charge on any atom is 0.308 e. The summed E-state index contributed by atoms with van der Waals surface area (Å²) < 4.78 is 9.37. The molecule has 0 unspecified atom stereocenters. The molecule has 0 bridgehead atoms. The normalized spacial score (nSPS) is 10.3. The van der Waals surface area contributed by atoms with Gasteiger partial charge in [-0.1, -0.05) is 29.8 Å². The first kappa shape index (κ1) is 19.7. The highest BCUT2D eigenvalue weighted by Gasteiger charge is 2.13. The SMILES string of the molecule is CC(=O)Oc1ccc(C[n+]2ccn(-c3c(C)cc(C)cc3C)c2)cc1.[Cl-]. The van der Waals surface area contributed by atoms with Gasteiger partial charge in [-0.05, 0) is 49.6 Å². The van der Waals surface area contributed by atoms with E-state index >= 15 is 0 Å². The quantitative estimate of drug-likeness (QED) is 0.384. The molecule has 0 amide bonds. The second-order valence-corrected chi connectivity index (χ2v) is 6.48. The number of aryl methyl sites for hydroxylation is 3. The van der Waals surface area contributed by atoms with Crippen molar-refractivity contribution in [3.63, 3.8) is 0 Å². The van der Waals surface area contributed by atoms with Gasteiger partial charge in [0.15, 0.2) is 0 Å². The number of hydrogen-bond donors (Lipinski definition) is 0. The summed E-state index contributed by atoms with van der Waals surface area (Å²) in [6.07, 6.45) is 6.25. The number of nitrogens with zero attached hydrogens (tertiary/aromatic N) is 2. The predicted octanol–water partition coefficient (Wildman–Crippen LogP) is 0.668. The summed E-state index contributed by atoms with van der Waals surface area (Å²) in [4.78, 5) is 11.0. The third kappa shape index (κ3) is 4.52. The van der Waals surface area contributed by atoms with E-state index in [4.69, 9.17) is 4.74 Å². The fourth-order valence-corrected chi connectivity index (χ4v) is 3.24. The molecule has 0 fully saturated rings. The number of imidazole rings is 1. The number of rotatable bonds is 4. The molecule has 0 radical (unpaired) electrons. The molecule has 5 heteroatoms. The fourth-order valence-electron chi connectivity index (χ4n) is 3.24. The number of halogens is 1. The van der Waals surface area contributed by atoms with Gasteiger partial charge >= 0.3 is 5.97 Å². The molecule has 3 aromatic rings. The third-order valence-corrected chi connectivity index (χ3v) is 4.14. The molecule has 0 aliphatic carbocycles. The highest BCUT2D eigenvalue weighted by molar-refractivity contribution is 5.69. The van der Waals surface area contributed by atoms with E-state index in [2.05, 4.69) is 60.8 Å². The molecule has 0 saturated heterocycles. The van der Waals surface area contributed by atoms with E-state index < -0.39 is 0 Å². The second-order valence-electron chi connectivity index (χ2n) is 6.48. The van der Waals surface area contributed by atoms with Gasteiger partial charge in [0.25, 0.3) is 0 Å². The molecule has 1 aromatic heterocycles. The first-order valence-electron chi connectivity index (χ1n) is 8.35. The summed E-state index contributed by atoms with van der Waals surface area (Å²) >= 11 is 0. The van der Waals surface area contributed by atoms with Crippen molar-refractivity contribution in [1.82, 2.24) is 4.57 Å². The number of carbonyl (C=O) groups is 1. The van der Waals surface area contributed by atoms with Crippen LogP contribution in [0.1, 0.15) is 29.2 Å². The van der Waals surface area contributed by atoms with Crippen LogP contribution < -0.4 is 21.7 Å². The monoisotopic (exact) mass is 370 g/mol. The number of benzene rings is 2. The van der Waals surface area contributed by atoms with Crippen LogP contribution in [0.5, 0.6) is 5.75 Å². The van der Waals surface area contributed by atoms with E-state index in [0.29, 0.717) is 5.75 Å². The average molecular weight is 371 g/mol. The standard InChI is InChI=1S/C21H23N2O2.ClH/c1-15-11-16(2)21(17(3)12-15)23-10-9-22(14-23)13-19-5-7-20(8-6-19)25-18(4)24;/h5-12,14H,13H2,1-4H3;1H/q+1;/p-1. The van der Waals surface area contributed by atoms with Gasteiger partial charge in [0.05, 0.1) is 0 Å². The first-order valence-corrected chi connectivity index (χ1v) is 8.35. The molecule has 1 heterocycles. The Morgan fingerprint density at radius 3 is 2.27 bits per heavy atom. The molecule has 136 valence electrons. The molecule has 26 heavy (non-hydrogen) atoms. The van der Waals surface area contributed by atoms with Gasteiger partial charge < -0.3 is 17.1 Å². The Balaban J connectivity index is 0.00000243. The zero-order chi connectivity index (χ0) is 18.0. The Bertz CT molecular complexity index is 891. The lowest BCUT2D eigenvalue weighted by molar-refractivity contribution is -0.687. The van der Waals surface area contributed by atoms with Gasteiger partial charge in [0.1, 0.15) is 30.4 Å². The minimum Gasteiger partial charge on any atom is -1.00 e. The summed E-state index contributed by atoms with van der Waals surface area (Å²) in [6.45, 7) is 8.58. The third-order valence-electron chi connectivity index (χ3n) is 4.14. The van der Waals surface area contributed by atoms with Crippen molar-refractivity contribution in [3.8, 4) is 11.4 Å². The highest BCUT2D eigenvalue weighted by atomic mass is 35.5. The maximum atomic E-state index is 11.0. The van der Waals surface area contributed by atoms with Crippen LogP contribution in [0.15, 0.2) is 55.1 Å². The first-order chi connectivity index (χ1) is 11.9. The zero-order valence-corrected chi connectivity index (χ0v) is 16.2. The topological polar surface area (TPSA) is 35.1 Å². The second kappa shape index (κ2) is 8.19. The number of aromatic nitrogens is 2. The van der Waals surface area contributed by atoms with Gasteiger partial charge in [0, 0.05) is 6.92 Å². The van der Waals surface area contributed by atoms with Crippen LogP contribution in [-0.2, 0) is 11.3 Å². The zero-order valence-electron chi connectivity index (χ0n) is 15.5. The molecular formula is C21H23ClN2O2. The number of hydrogen-bond acceptors (Lipinski definition) is 2. The minimum atomic E-state index is -0.303. The lowest BCUT2D eigenvalue weighted by atomic mass is 10.1. The van der Waals surface area contributed by atoms with E-state index in [1.54, 1.807) is 0 Å². The molecule has 0 N–H and O–H groups in total. The Kier molecular flexibility index (Phi) is 6.22. The van der Waals surface area contributed by atoms with Crippen LogP contribution in [-0.4, -0.2) is 10.5 Å². The van der Waals surface area contributed by atoms with E-state index in [9.17, 15) is 4.79 Å². The Morgan fingerprint density at radius 1 is 1.08 bits per heavy atom. The molecule has 3 rings (SSSR count). The van der Waals surface area contributed by atoms with Crippen LogP contribution in [0.4, 0.5) is 0 Å². The highest BCUT2D eigenvalue weighted by Crippen LogP contribution is 2.20. The largest absolute Gasteiger partial charge is 1.00 e. The lowest BCUT2D eigenvalue weighted by Gasteiger charge is -2.07. The van der Waals surface area contributed by atoms with Gasteiger partial charge in [0.2, 0.25) is 6.33 Å². The summed E-state index contributed by atoms with van der Waals surface area (Å²) in [7, 11) is 0. The molecule has 0 atom stereocenters. The summed E-state index contributed by atoms with van der Waals surface area (Å²) in [5, 5.41) is 0. The number of carbonyl (C=O) groups excluding carboxylic acids is 1. The maximum absolute atomic E-state index is 11.0. The average Bonchev–Trinajstić information content (AvgIpc) is 2.96. The van der Waals surface area contributed by atoms with Crippen LogP contribution in [0.3, 0.4) is 0 Å². The van der Waals surface area contributed by atoms with Crippen molar-refractivity contribution in [3.05, 3.63) is 77.4 Å². The summed E-state index contributed by atoms with van der Waals surface area (Å²) in [6, 6.07) is 12.0. The van der Waals surface area contributed by atoms with Crippen LogP contribution in [0.25, 0.3) is 5.69 Å². The smallest absolute Gasteiger partial charge is 0.308 e. The van der Waals surface area contributed by atoms with Crippen molar-refractivity contribution in [2.45, 2.75) is 34.2 Å². The van der Waals surface area contributed by atoms with Gasteiger partial charge in [-0.3, -0.25) is 4.79 Å². The molecule has 2 aromatic carbocycles. The van der Waals surface area contributed by atoms with Crippen molar-refractivity contribution in [2.24, 2.45) is 0 Å². The molecule has 0 saturated carbocycles. The molecule has 0 aliphatic heterocycles. The van der Waals surface area contributed by atoms with Crippen LogP contribution in [0, 0.1) is 20.8 Å². The minimum absolute atomic E-state index is 0. The summed E-state index contributed by atoms with van der Waals surface area (Å²) in [5.74, 6) is 0.271. The molecule has 0 aliphatic rings. The van der Waals surface area contributed by atoms with Gasteiger partial charge in [-0.15, -0.1) is 0 Å². The van der Waals surface area contributed by atoms with Gasteiger partial charge in [-0.25, -0.2) is 9.13 Å². The van der Waals surface area contributed by atoms with Crippen LogP contribution >= 0.6 is 0 Å². The summed E-state index contributed by atoms with van der Waals surface area (Å²) in [5.41, 5.74) is 6.20. The van der Waals surface area contributed by atoms with Crippen molar-refractivity contribution in [2.75, 3.05) is 0 Å². The van der Waals surface area contributed by atoms with Crippen molar-refractivity contribution < 1.29 is 26.5 Å². The van der Waals surface area contributed by atoms with Crippen molar-refractivity contribution >= 4 is 5.97 Å².